The van der Waals surface area contributed by atoms with Crippen molar-refractivity contribution in [2.24, 2.45) is 0 Å². The Hall–Kier alpha value is -2.93. The van der Waals surface area contributed by atoms with Crippen LogP contribution in [0.2, 0.25) is 0 Å². The average molecular weight is 454 g/mol. The maximum atomic E-state index is 13.9. The standard InChI is InChI=1S/C18H16F2N4O4S2/c19-12-2-1-3-13(20)14(12)15(26)16-17(21)24-18(29-16)23-10-4-6-11(7-5-10)30(27,28)22-8-9-25/h1-7,22,25H,8-9,21H2,(H,23,24). The first kappa shape index (κ1) is 21.8. The molecule has 8 nitrogen and oxygen atoms in total. The van der Waals surface area contributed by atoms with Crippen LogP contribution in [0.4, 0.5) is 25.4 Å². The number of aromatic nitrogens is 1. The van der Waals surface area contributed by atoms with Crippen molar-refractivity contribution in [3.05, 3.63) is 64.5 Å². The number of carbonyl (C=O) groups is 1. The smallest absolute Gasteiger partial charge is 0.240 e. The Bertz CT molecular complexity index is 1160. The quantitative estimate of drug-likeness (QED) is 0.384. The van der Waals surface area contributed by atoms with Gasteiger partial charge in [0.25, 0.3) is 0 Å². The second-order valence-corrected chi connectivity index (χ2v) is 8.70. The van der Waals surface area contributed by atoms with E-state index >= 15 is 0 Å². The van der Waals surface area contributed by atoms with Crippen molar-refractivity contribution in [2.45, 2.75) is 4.90 Å². The molecule has 0 saturated heterocycles. The molecular weight excluding hydrogens is 438 g/mol. The van der Waals surface area contributed by atoms with Crippen LogP contribution in [0.1, 0.15) is 15.2 Å². The molecule has 0 aliphatic carbocycles. The molecule has 2 aromatic carbocycles. The van der Waals surface area contributed by atoms with Gasteiger partial charge in [-0.15, -0.1) is 0 Å². The molecule has 0 aliphatic rings. The number of rotatable bonds is 8. The molecule has 0 saturated carbocycles. The lowest BCUT2D eigenvalue weighted by Crippen LogP contribution is -2.26. The Morgan fingerprint density at radius 1 is 1.13 bits per heavy atom. The Kier molecular flexibility index (Phi) is 6.41. The first-order valence-electron chi connectivity index (χ1n) is 8.45. The van der Waals surface area contributed by atoms with Gasteiger partial charge in [0.1, 0.15) is 22.3 Å². The number of hydrogen-bond donors (Lipinski definition) is 4. The van der Waals surface area contributed by atoms with Gasteiger partial charge < -0.3 is 16.2 Å². The maximum Gasteiger partial charge on any atom is 0.240 e. The van der Waals surface area contributed by atoms with Crippen LogP contribution >= 0.6 is 11.3 Å². The number of aliphatic hydroxyl groups is 1. The van der Waals surface area contributed by atoms with E-state index in [9.17, 15) is 22.0 Å². The van der Waals surface area contributed by atoms with Crippen molar-refractivity contribution in [1.29, 1.82) is 0 Å². The summed E-state index contributed by atoms with van der Waals surface area (Å²) in [5.41, 5.74) is 5.47. The number of aliphatic hydroxyl groups excluding tert-OH is 1. The molecule has 0 bridgehead atoms. The minimum atomic E-state index is -3.75. The summed E-state index contributed by atoms with van der Waals surface area (Å²) in [6.07, 6.45) is 0. The Morgan fingerprint density at radius 3 is 2.37 bits per heavy atom. The fourth-order valence-electron chi connectivity index (χ4n) is 2.48. The number of nitrogen functional groups attached to an aromatic ring is 1. The SMILES string of the molecule is Nc1nc(Nc2ccc(S(=O)(=O)NCCO)cc2)sc1C(=O)c1c(F)cccc1F. The van der Waals surface area contributed by atoms with Crippen LogP contribution in [0.3, 0.4) is 0 Å². The fraction of sp³-hybridized carbons (Fsp3) is 0.111. The van der Waals surface area contributed by atoms with Crippen molar-refractivity contribution in [1.82, 2.24) is 9.71 Å². The monoisotopic (exact) mass is 454 g/mol. The van der Waals surface area contributed by atoms with Crippen molar-refractivity contribution >= 4 is 43.8 Å². The number of thiazole rings is 1. The van der Waals surface area contributed by atoms with Crippen LogP contribution in [-0.4, -0.2) is 37.4 Å². The van der Waals surface area contributed by atoms with Crippen LogP contribution in [0.15, 0.2) is 47.4 Å². The number of nitrogens with zero attached hydrogens (tertiary/aromatic N) is 1. The molecule has 0 aliphatic heterocycles. The highest BCUT2D eigenvalue weighted by Crippen LogP contribution is 2.31. The van der Waals surface area contributed by atoms with Gasteiger partial charge in [-0.1, -0.05) is 17.4 Å². The lowest BCUT2D eigenvalue weighted by Gasteiger charge is -2.07. The largest absolute Gasteiger partial charge is 0.395 e. The molecule has 5 N–H and O–H groups in total. The molecular formula is C18H16F2N4O4S2. The summed E-state index contributed by atoms with van der Waals surface area (Å²) in [6.45, 7) is -0.442. The van der Waals surface area contributed by atoms with E-state index in [-0.39, 0.29) is 33.9 Å². The number of benzene rings is 2. The molecule has 0 spiro atoms. The van der Waals surface area contributed by atoms with E-state index in [2.05, 4.69) is 15.0 Å². The summed E-state index contributed by atoms with van der Waals surface area (Å²) >= 11 is 0.807. The van der Waals surface area contributed by atoms with E-state index < -0.39 is 33.0 Å². The third kappa shape index (κ3) is 4.62. The van der Waals surface area contributed by atoms with Gasteiger partial charge in [0.2, 0.25) is 15.8 Å². The van der Waals surface area contributed by atoms with Crippen molar-refractivity contribution in [3.63, 3.8) is 0 Å². The molecule has 1 aromatic heterocycles. The van der Waals surface area contributed by atoms with Gasteiger partial charge in [-0.2, -0.15) is 0 Å². The zero-order valence-corrected chi connectivity index (χ0v) is 16.9. The molecule has 158 valence electrons. The van der Waals surface area contributed by atoms with E-state index in [1.54, 1.807) is 0 Å². The van der Waals surface area contributed by atoms with Gasteiger partial charge in [-0.3, -0.25) is 4.79 Å². The lowest BCUT2D eigenvalue weighted by atomic mass is 10.1. The normalized spacial score (nSPS) is 11.4. The first-order valence-corrected chi connectivity index (χ1v) is 10.8. The topological polar surface area (TPSA) is 134 Å². The van der Waals surface area contributed by atoms with Crippen molar-refractivity contribution in [2.75, 3.05) is 24.2 Å². The third-order valence-electron chi connectivity index (χ3n) is 3.87. The maximum absolute atomic E-state index is 13.9. The summed E-state index contributed by atoms with van der Waals surface area (Å²) in [4.78, 5) is 16.4. The summed E-state index contributed by atoms with van der Waals surface area (Å²) < 4.78 is 54.0. The summed E-state index contributed by atoms with van der Waals surface area (Å²) in [7, 11) is -3.75. The van der Waals surface area contributed by atoms with Gasteiger partial charge >= 0.3 is 0 Å². The number of nitrogens with one attached hydrogen (secondary N) is 2. The molecule has 0 radical (unpaired) electrons. The molecule has 1 heterocycles. The van der Waals surface area contributed by atoms with Crippen LogP contribution in [0.5, 0.6) is 0 Å². The van der Waals surface area contributed by atoms with Crippen LogP contribution in [0, 0.1) is 11.6 Å². The number of sulfonamides is 1. The summed E-state index contributed by atoms with van der Waals surface area (Å²) in [6, 6.07) is 8.68. The van der Waals surface area contributed by atoms with Crippen LogP contribution in [-0.2, 0) is 10.0 Å². The molecule has 30 heavy (non-hydrogen) atoms. The predicted octanol–water partition coefficient (Wildman–Crippen LogP) is 2.25. The number of hydrogen-bond acceptors (Lipinski definition) is 8. The zero-order chi connectivity index (χ0) is 21.9. The van der Waals surface area contributed by atoms with E-state index in [1.807, 2.05) is 0 Å². The molecule has 0 fully saturated rings. The molecule has 0 amide bonds. The second-order valence-electron chi connectivity index (χ2n) is 5.93. The second kappa shape index (κ2) is 8.83. The van der Waals surface area contributed by atoms with E-state index in [1.165, 1.54) is 24.3 Å². The molecule has 3 rings (SSSR count). The number of carbonyl (C=O) groups excluding carboxylic acids is 1. The first-order chi connectivity index (χ1) is 14.2. The highest BCUT2D eigenvalue weighted by molar-refractivity contribution is 7.89. The Morgan fingerprint density at radius 2 is 1.77 bits per heavy atom. The van der Waals surface area contributed by atoms with Gasteiger partial charge in [0, 0.05) is 12.2 Å². The number of nitrogens with two attached hydrogens (primary N) is 1. The number of anilines is 3. The molecule has 12 heteroatoms. The highest BCUT2D eigenvalue weighted by atomic mass is 32.2. The molecule has 0 unspecified atom stereocenters. The fourth-order valence-corrected chi connectivity index (χ4v) is 4.35. The highest BCUT2D eigenvalue weighted by Gasteiger charge is 2.24. The van der Waals surface area contributed by atoms with Crippen molar-refractivity contribution < 1.29 is 27.1 Å². The average Bonchev–Trinajstić information content (AvgIpc) is 3.06. The Balaban J connectivity index is 1.80. The zero-order valence-electron chi connectivity index (χ0n) is 15.2. The molecule has 3 aromatic rings. The van der Waals surface area contributed by atoms with E-state index in [0.717, 1.165) is 29.5 Å². The minimum Gasteiger partial charge on any atom is -0.395 e. The number of ketones is 1. The lowest BCUT2D eigenvalue weighted by molar-refractivity contribution is 0.103. The summed E-state index contributed by atoms with van der Waals surface area (Å²) in [5.74, 6) is -3.13. The predicted molar refractivity (Wildman–Crippen MR) is 108 cm³/mol. The summed E-state index contributed by atoms with van der Waals surface area (Å²) in [5, 5.41) is 11.8. The van der Waals surface area contributed by atoms with Crippen LogP contribution in [0.25, 0.3) is 0 Å². The third-order valence-corrected chi connectivity index (χ3v) is 6.33. The van der Waals surface area contributed by atoms with Gasteiger partial charge in [0.05, 0.1) is 17.1 Å². The molecule has 0 atom stereocenters. The Labute approximate surface area is 174 Å². The van der Waals surface area contributed by atoms with E-state index in [4.69, 9.17) is 10.8 Å². The number of halogens is 2. The van der Waals surface area contributed by atoms with Gasteiger partial charge in [-0.05, 0) is 36.4 Å². The van der Waals surface area contributed by atoms with Gasteiger partial charge in [0.15, 0.2) is 5.13 Å². The van der Waals surface area contributed by atoms with Gasteiger partial charge in [-0.25, -0.2) is 26.9 Å². The van der Waals surface area contributed by atoms with Crippen LogP contribution < -0.4 is 15.8 Å². The van der Waals surface area contributed by atoms with E-state index in [0.29, 0.717) is 5.69 Å². The minimum absolute atomic E-state index is 0.00829. The van der Waals surface area contributed by atoms with Crippen molar-refractivity contribution in [3.8, 4) is 0 Å².